The van der Waals surface area contributed by atoms with Gasteiger partial charge in [0.05, 0.1) is 5.75 Å². The molecule has 0 aliphatic rings. The molecule has 1 aromatic carbocycles. The largest absolute Gasteiger partial charge is 0.367 e. The van der Waals surface area contributed by atoms with Crippen LogP contribution in [0.4, 0.5) is 0 Å². The van der Waals surface area contributed by atoms with Crippen molar-refractivity contribution in [3.8, 4) is 0 Å². The molecular weight excluding hydrogens is 304 g/mol. The highest BCUT2D eigenvalue weighted by molar-refractivity contribution is 7.90. The second-order valence-corrected chi connectivity index (χ2v) is 5.35. The van der Waals surface area contributed by atoms with E-state index in [2.05, 4.69) is 11.7 Å². The molecule has 1 amide bonds. The van der Waals surface area contributed by atoms with Crippen LogP contribution >= 0.6 is 12.4 Å². The van der Waals surface area contributed by atoms with Gasteiger partial charge in [-0.25, -0.2) is 8.42 Å². The van der Waals surface area contributed by atoms with Crippen molar-refractivity contribution >= 4 is 34.3 Å². The van der Waals surface area contributed by atoms with E-state index in [0.717, 1.165) is 6.08 Å². The SMILES string of the molecule is C=CCS(=O)(=O)N(C(=O)c1ccccc1)C(N)=NN.Cl. The summed E-state index contributed by atoms with van der Waals surface area (Å²) in [5.41, 5.74) is 5.54. The third-order valence-electron chi connectivity index (χ3n) is 2.15. The first-order valence-electron chi connectivity index (χ1n) is 5.20. The van der Waals surface area contributed by atoms with E-state index in [1.165, 1.54) is 12.1 Å². The third kappa shape index (κ3) is 3.97. The van der Waals surface area contributed by atoms with Crippen molar-refractivity contribution < 1.29 is 13.2 Å². The summed E-state index contributed by atoms with van der Waals surface area (Å²) in [7, 11) is -4.00. The minimum atomic E-state index is -4.00. The number of amides is 1. The molecule has 0 aliphatic heterocycles. The van der Waals surface area contributed by atoms with Gasteiger partial charge in [0.2, 0.25) is 16.0 Å². The Labute approximate surface area is 123 Å². The first kappa shape index (κ1) is 17.9. The van der Waals surface area contributed by atoms with Crippen LogP contribution in [0.5, 0.6) is 0 Å². The predicted octanol–water partition coefficient (Wildman–Crippen LogP) is 0.255. The number of nitrogens with zero attached hydrogens (tertiary/aromatic N) is 2. The standard InChI is InChI=1S/C11H14N4O3S.ClH/c1-2-8-19(17,18)15(11(12)14-13)10(16)9-6-4-3-5-7-9;/h2-7H,1,8,13H2,(H2,12,14);1H. The van der Waals surface area contributed by atoms with Crippen LogP contribution in [0.15, 0.2) is 48.1 Å². The maximum atomic E-state index is 12.2. The summed E-state index contributed by atoms with van der Waals surface area (Å²) in [5, 5.41) is 3.07. The molecule has 0 saturated heterocycles. The van der Waals surface area contributed by atoms with Crippen LogP contribution < -0.4 is 11.6 Å². The zero-order valence-electron chi connectivity index (χ0n) is 10.5. The number of benzene rings is 1. The maximum absolute atomic E-state index is 12.2. The molecule has 1 aromatic rings. The Kier molecular flexibility index (Phi) is 6.74. The molecule has 7 nitrogen and oxygen atoms in total. The highest BCUT2D eigenvalue weighted by Crippen LogP contribution is 2.10. The molecule has 0 aliphatic carbocycles. The zero-order valence-corrected chi connectivity index (χ0v) is 12.1. The van der Waals surface area contributed by atoms with Crippen molar-refractivity contribution in [1.29, 1.82) is 0 Å². The second kappa shape index (κ2) is 7.51. The third-order valence-corrected chi connectivity index (χ3v) is 3.72. The van der Waals surface area contributed by atoms with E-state index in [1.807, 2.05) is 0 Å². The number of sulfonamides is 1. The van der Waals surface area contributed by atoms with Crippen molar-refractivity contribution in [1.82, 2.24) is 4.31 Å². The maximum Gasteiger partial charge on any atom is 0.274 e. The summed E-state index contributed by atoms with van der Waals surface area (Å²) in [4.78, 5) is 12.2. The van der Waals surface area contributed by atoms with E-state index in [-0.39, 0.29) is 18.0 Å². The molecule has 0 fully saturated rings. The molecule has 0 heterocycles. The Hall–Kier alpha value is -2.06. The fraction of sp³-hybridized carbons (Fsp3) is 0.0909. The highest BCUT2D eigenvalue weighted by atomic mass is 35.5. The average Bonchev–Trinajstić information content (AvgIpc) is 2.39. The highest BCUT2D eigenvalue weighted by Gasteiger charge is 2.30. The Morgan fingerprint density at radius 2 is 1.90 bits per heavy atom. The Morgan fingerprint density at radius 3 is 2.35 bits per heavy atom. The van der Waals surface area contributed by atoms with Crippen molar-refractivity contribution in [2.24, 2.45) is 16.7 Å². The number of hydrazone groups is 1. The van der Waals surface area contributed by atoms with Crippen molar-refractivity contribution in [3.05, 3.63) is 48.6 Å². The monoisotopic (exact) mass is 318 g/mol. The molecule has 1 rings (SSSR count). The van der Waals surface area contributed by atoms with Crippen LogP contribution in [0.25, 0.3) is 0 Å². The lowest BCUT2D eigenvalue weighted by Crippen LogP contribution is -2.47. The van der Waals surface area contributed by atoms with E-state index in [0.29, 0.717) is 4.31 Å². The molecule has 0 aromatic heterocycles. The number of halogens is 1. The number of carbonyl (C=O) groups excluding carboxylic acids is 1. The molecular formula is C11H15ClN4O3S. The Balaban J connectivity index is 0.00000361. The molecule has 20 heavy (non-hydrogen) atoms. The van der Waals surface area contributed by atoms with Gasteiger partial charge in [0.15, 0.2) is 0 Å². The van der Waals surface area contributed by atoms with Crippen molar-refractivity contribution in [2.45, 2.75) is 0 Å². The number of hydrogen-bond donors (Lipinski definition) is 2. The van der Waals surface area contributed by atoms with Gasteiger partial charge in [-0.05, 0) is 12.1 Å². The predicted molar refractivity (Wildman–Crippen MR) is 79.7 cm³/mol. The van der Waals surface area contributed by atoms with Crippen molar-refractivity contribution in [2.75, 3.05) is 5.75 Å². The summed E-state index contributed by atoms with van der Waals surface area (Å²) in [6.45, 7) is 3.32. The lowest BCUT2D eigenvalue weighted by Gasteiger charge is -2.20. The molecule has 0 bridgehead atoms. The van der Waals surface area contributed by atoms with Crippen LogP contribution in [0.2, 0.25) is 0 Å². The van der Waals surface area contributed by atoms with Gasteiger partial charge in [-0.15, -0.1) is 24.1 Å². The van der Waals surface area contributed by atoms with Crippen LogP contribution in [0.1, 0.15) is 10.4 Å². The van der Waals surface area contributed by atoms with Gasteiger partial charge in [0.25, 0.3) is 5.91 Å². The van der Waals surface area contributed by atoms with Crippen LogP contribution in [0.3, 0.4) is 0 Å². The molecule has 4 N–H and O–H groups in total. The fourth-order valence-electron chi connectivity index (χ4n) is 1.35. The normalized spacial score (nSPS) is 11.3. The van der Waals surface area contributed by atoms with Crippen LogP contribution in [0, 0.1) is 0 Å². The minimum Gasteiger partial charge on any atom is -0.367 e. The smallest absolute Gasteiger partial charge is 0.274 e. The van der Waals surface area contributed by atoms with Gasteiger partial charge in [-0.1, -0.05) is 24.3 Å². The summed E-state index contributed by atoms with van der Waals surface area (Å²) < 4.78 is 24.3. The molecule has 0 saturated carbocycles. The summed E-state index contributed by atoms with van der Waals surface area (Å²) in [5.74, 6) is 3.08. The van der Waals surface area contributed by atoms with Gasteiger partial charge in [-0.3, -0.25) is 4.79 Å². The average molecular weight is 319 g/mol. The number of nitrogens with two attached hydrogens (primary N) is 2. The topological polar surface area (TPSA) is 119 Å². The van der Waals surface area contributed by atoms with Crippen LogP contribution in [-0.2, 0) is 10.0 Å². The lowest BCUT2D eigenvalue weighted by atomic mass is 10.2. The second-order valence-electron chi connectivity index (χ2n) is 3.49. The number of rotatable bonds is 4. The molecule has 0 unspecified atom stereocenters. The van der Waals surface area contributed by atoms with Gasteiger partial charge in [0.1, 0.15) is 0 Å². The van der Waals surface area contributed by atoms with E-state index < -0.39 is 27.6 Å². The molecule has 9 heteroatoms. The van der Waals surface area contributed by atoms with Gasteiger partial charge < -0.3 is 11.6 Å². The fourth-order valence-corrected chi connectivity index (χ4v) is 2.48. The van der Waals surface area contributed by atoms with E-state index in [1.54, 1.807) is 18.2 Å². The van der Waals surface area contributed by atoms with E-state index in [9.17, 15) is 13.2 Å². The molecule has 0 radical (unpaired) electrons. The quantitative estimate of drug-likeness (QED) is 0.271. The number of guanidine groups is 1. The van der Waals surface area contributed by atoms with E-state index in [4.69, 9.17) is 11.6 Å². The summed E-state index contributed by atoms with van der Waals surface area (Å²) in [6, 6.07) is 7.81. The summed E-state index contributed by atoms with van der Waals surface area (Å²) in [6.07, 6.45) is 1.14. The first-order chi connectivity index (χ1) is 8.94. The summed E-state index contributed by atoms with van der Waals surface area (Å²) >= 11 is 0. The van der Waals surface area contributed by atoms with Gasteiger partial charge in [-0.2, -0.15) is 4.31 Å². The van der Waals surface area contributed by atoms with Gasteiger partial charge in [0, 0.05) is 5.56 Å². The van der Waals surface area contributed by atoms with Crippen molar-refractivity contribution in [3.63, 3.8) is 0 Å². The first-order valence-corrected chi connectivity index (χ1v) is 6.81. The molecule has 110 valence electrons. The number of hydrogen-bond acceptors (Lipinski definition) is 5. The molecule has 0 spiro atoms. The number of carbonyl (C=O) groups is 1. The minimum absolute atomic E-state index is 0. The van der Waals surface area contributed by atoms with Crippen LogP contribution in [-0.4, -0.2) is 30.3 Å². The molecule has 0 atom stereocenters. The van der Waals surface area contributed by atoms with E-state index >= 15 is 0 Å². The Morgan fingerprint density at radius 1 is 1.35 bits per heavy atom. The lowest BCUT2D eigenvalue weighted by molar-refractivity contribution is 0.0912. The van der Waals surface area contributed by atoms with Gasteiger partial charge >= 0.3 is 0 Å². The Bertz CT molecular complexity index is 601. The zero-order chi connectivity index (χ0) is 14.5.